The van der Waals surface area contributed by atoms with Crippen molar-refractivity contribution in [2.24, 2.45) is 5.92 Å². The molecule has 0 fully saturated rings. The van der Waals surface area contributed by atoms with Gasteiger partial charge in [-0.2, -0.15) is 0 Å². The lowest BCUT2D eigenvalue weighted by molar-refractivity contribution is 0.176. The molecule has 0 saturated heterocycles. The fourth-order valence-corrected chi connectivity index (χ4v) is 2.53. The van der Waals surface area contributed by atoms with Crippen molar-refractivity contribution in [2.45, 2.75) is 45.5 Å². The highest BCUT2D eigenvalue weighted by Crippen LogP contribution is 2.17. The van der Waals surface area contributed by atoms with E-state index in [2.05, 4.69) is 39.1 Å². The molecule has 0 radical (unpaired) electrons. The summed E-state index contributed by atoms with van der Waals surface area (Å²) in [5, 5.41) is 0. The first-order valence-corrected chi connectivity index (χ1v) is 8.54. The predicted molar refractivity (Wildman–Crippen MR) is 65.6 cm³/mol. The smallest absolute Gasteiger partial charge is 0.184 e. The molecule has 0 saturated carbocycles. The maximum absolute atomic E-state index is 6.02. The van der Waals surface area contributed by atoms with Gasteiger partial charge >= 0.3 is 0 Å². The number of hydrogen-bond acceptors (Lipinski definition) is 1. The van der Waals surface area contributed by atoms with Crippen molar-refractivity contribution in [2.75, 3.05) is 0 Å². The van der Waals surface area contributed by atoms with Crippen molar-refractivity contribution in [1.29, 1.82) is 0 Å². The van der Waals surface area contributed by atoms with Crippen LogP contribution in [0.5, 0.6) is 0 Å². The highest BCUT2D eigenvalue weighted by atomic mass is 28.4. The Balaban J connectivity index is 4.16. The van der Waals surface area contributed by atoms with Crippen LogP contribution >= 0.6 is 0 Å². The highest BCUT2D eigenvalue weighted by Gasteiger charge is 2.21. The van der Waals surface area contributed by atoms with E-state index in [9.17, 15) is 0 Å². The monoisotopic (exact) mass is 210 g/mol. The maximum atomic E-state index is 6.02. The van der Waals surface area contributed by atoms with E-state index >= 15 is 0 Å². The summed E-state index contributed by atoms with van der Waals surface area (Å²) < 4.78 is 6.02. The fourth-order valence-electron chi connectivity index (χ4n) is 1.34. The van der Waals surface area contributed by atoms with Crippen molar-refractivity contribution in [3.63, 3.8) is 0 Å². The molecule has 0 aromatic rings. The van der Waals surface area contributed by atoms with Gasteiger partial charge in [0.05, 0.1) is 0 Å². The molecule has 1 nitrogen and oxygen atoms in total. The minimum atomic E-state index is -1.45. The van der Waals surface area contributed by atoms with Crippen LogP contribution < -0.4 is 0 Å². The van der Waals surface area contributed by atoms with Gasteiger partial charge < -0.3 is 4.43 Å². The molecule has 80 valence electrons. The molecule has 14 heavy (non-hydrogen) atoms. The van der Waals surface area contributed by atoms with Gasteiger partial charge in [-0.1, -0.05) is 13.0 Å². The second-order valence-corrected chi connectivity index (χ2v) is 9.14. The number of terminal acetylenes is 1. The van der Waals surface area contributed by atoms with Crippen LogP contribution in [0.15, 0.2) is 12.7 Å². The lowest BCUT2D eigenvalue weighted by Crippen LogP contribution is -2.32. The molecule has 0 N–H and O–H groups in total. The first-order chi connectivity index (χ1) is 6.39. The fraction of sp³-hybridized carbons (Fsp3) is 0.667. The van der Waals surface area contributed by atoms with E-state index in [1.807, 2.05) is 6.08 Å². The Bertz CT molecular complexity index is 209. The number of rotatable bonds is 6. The Labute approximate surface area is 89.7 Å². The maximum Gasteiger partial charge on any atom is 0.184 e. The van der Waals surface area contributed by atoms with Gasteiger partial charge in [0.25, 0.3) is 0 Å². The molecule has 0 aromatic heterocycles. The second-order valence-electron chi connectivity index (χ2n) is 4.68. The van der Waals surface area contributed by atoms with Crippen molar-refractivity contribution in [1.82, 2.24) is 0 Å². The molecule has 0 aliphatic rings. The zero-order valence-corrected chi connectivity index (χ0v) is 10.8. The normalized spacial score (nSPS) is 15.6. The van der Waals surface area contributed by atoms with E-state index in [4.69, 9.17) is 10.8 Å². The SMILES string of the molecule is C#CC(C)CC(CC=C)O[Si](C)(C)C. The standard InChI is InChI=1S/C12H22OSi/c1-7-9-12(10-11(3)8-2)13-14(4,5)6/h2,7,11-12H,1,9-10H2,3-6H3. The van der Waals surface area contributed by atoms with Crippen LogP contribution in [0.3, 0.4) is 0 Å². The van der Waals surface area contributed by atoms with Crippen LogP contribution in [0.4, 0.5) is 0 Å². The molecule has 0 aromatic carbocycles. The van der Waals surface area contributed by atoms with E-state index in [1.54, 1.807) is 0 Å². The molecule has 0 spiro atoms. The third-order valence-electron chi connectivity index (χ3n) is 1.85. The lowest BCUT2D eigenvalue weighted by atomic mass is 10.0. The van der Waals surface area contributed by atoms with Gasteiger partial charge in [0.1, 0.15) is 0 Å². The van der Waals surface area contributed by atoms with Gasteiger partial charge in [-0.15, -0.1) is 18.9 Å². The minimum absolute atomic E-state index is 0.255. The molecule has 0 heterocycles. The molecular weight excluding hydrogens is 188 g/mol. The summed E-state index contributed by atoms with van der Waals surface area (Å²) in [7, 11) is -1.45. The summed E-state index contributed by atoms with van der Waals surface area (Å²) in [5.74, 6) is 3.03. The summed E-state index contributed by atoms with van der Waals surface area (Å²) in [4.78, 5) is 0. The molecule has 0 aliphatic carbocycles. The van der Waals surface area contributed by atoms with Crippen LogP contribution in [-0.2, 0) is 4.43 Å². The molecule has 2 atom stereocenters. The Morgan fingerprint density at radius 2 is 2.07 bits per heavy atom. The van der Waals surface area contributed by atoms with E-state index in [0.717, 1.165) is 12.8 Å². The molecular formula is C12H22OSi. The predicted octanol–water partition coefficient (Wildman–Crippen LogP) is 3.44. The average Bonchev–Trinajstić information content (AvgIpc) is 2.01. The molecule has 0 bridgehead atoms. The van der Waals surface area contributed by atoms with Gasteiger partial charge in [0, 0.05) is 12.0 Å². The molecule has 0 aliphatic heterocycles. The summed E-state index contributed by atoms with van der Waals surface area (Å²) in [6.07, 6.45) is 9.36. The van der Waals surface area contributed by atoms with Crippen LogP contribution in [0.25, 0.3) is 0 Å². The largest absolute Gasteiger partial charge is 0.414 e. The molecule has 2 heteroatoms. The Kier molecular flexibility index (Phi) is 5.83. The summed E-state index contributed by atoms with van der Waals surface area (Å²) in [5.41, 5.74) is 0. The molecule has 2 unspecified atom stereocenters. The molecule has 0 amide bonds. The van der Waals surface area contributed by atoms with E-state index < -0.39 is 8.32 Å². The van der Waals surface area contributed by atoms with Gasteiger partial charge in [0.2, 0.25) is 0 Å². The zero-order valence-electron chi connectivity index (χ0n) is 9.84. The van der Waals surface area contributed by atoms with Gasteiger partial charge in [-0.25, -0.2) is 0 Å². The van der Waals surface area contributed by atoms with E-state index in [0.29, 0.717) is 0 Å². The zero-order chi connectivity index (χ0) is 11.2. The van der Waals surface area contributed by atoms with Crippen molar-refractivity contribution < 1.29 is 4.43 Å². The highest BCUT2D eigenvalue weighted by molar-refractivity contribution is 6.69. The summed E-state index contributed by atoms with van der Waals surface area (Å²) in [6, 6.07) is 0. The second kappa shape index (κ2) is 6.05. The van der Waals surface area contributed by atoms with Gasteiger partial charge in [0.15, 0.2) is 8.32 Å². The topological polar surface area (TPSA) is 9.23 Å². The van der Waals surface area contributed by atoms with Crippen LogP contribution in [-0.4, -0.2) is 14.4 Å². The average molecular weight is 210 g/mol. The van der Waals surface area contributed by atoms with E-state index in [-0.39, 0.29) is 12.0 Å². The quantitative estimate of drug-likeness (QED) is 0.371. The lowest BCUT2D eigenvalue weighted by Gasteiger charge is -2.26. The Hall–Kier alpha value is -0.523. The van der Waals surface area contributed by atoms with Gasteiger partial charge in [-0.3, -0.25) is 0 Å². The molecule has 0 rings (SSSR count). The Morgan fingerprint density at radius 3 is 2.43 bits per heavy atom. The first kappa shape index (κ1) is 13.5. The summed E-state index contributed by atoms with van der Waals surface area (Å²) in [6.45, 7) is 12.4. The third-order valence-corrected chi connectivity index (χ3v) is 2.89. The van der Waals surface area contributed by atoms with Crippen LogP contribution in [0.1, 0.15) is 19.8 Å². The van der Waals surface area contributed by atoms with Gasteiger partial charge in [-0.05, 0) is 32.5 Å². The Morgan fingerprint density at radius 1 is 1.50 bits per heavy atom. The minimum Gasteiger partial charge on any atom is -0.414 e. The third kappa shape index (κ3) is 6.94. The summed E-state index contributed by atoms with van der Waals surface area (Å²) >= 11 is 0. The van der Waals surface area contributed by atoms with E-state index in [1.165, 1.54) is 0 Å². The van der Waals surface area contributed by atoms with Crippen molar-refractivity contribution in [3.8, 4) is 12.3 Å². The first-order valence-electron chi connectivity index (χ1n) is 5.14. The van der Waals surface area contributed by atoms with Crippen LogP contribution in [0.2, 0.25) is 19.6 Å². The van der Waals surface area contributed by atoms with Crippen molar-refractivity contribution in [3.05, 3.63) is 12.7 Å². The van der Waals surface area contributed by atoms with Crippen molar-refractivity contribution >= 4 is 8.32 Å². The van der Waals surface area contributed by atoms with Crippen LogP contribution in [0, 0.1) is 18.3 Å². The number of hydrogen-bond donors (Lipinski definition) is 0.